The summed E-state index contributed by atoms with van der Waals surface area (Å²) in [5, 5.41) is 5.78. The van der Waals surface area contributed by atoms with Crippen molar-refractivity contribution in [2.75, 3.05) is 7.11 Å². The first-order chi connectivity index (χ1) is 9.51. The van der Waals surface area contributed by atoms with Gasteiger partial charge in [0.1, 0.15) is 0 Å². The van der Waals surface area contributed by atoms with Gasteiger partial charge < -0.3 is 14.8 Å². The normalized spacial score (nSPS) is 17.5. The van der Waals surface area contributed by atoms with Crippen molar-refractivity contribution in [2.45, 2.75) is 18.9 Å². The second-order valence-electron chi connectivity index (χ2n) is 4.15. The maximum absolute atomic E-state index is 13.1. The topological polar surface area (TPSA) is 86.6 Å². The van der Waals surface area contributed by atoms with Gasteiger partial charge in [-0.1, -0.05) is 5.56 Å². The van der Waals surface area contributed by atoms with Gasteiger partial charge >= 0.3 is 21.1 Å². The van der Waals surface area contributed by atoms with E-state index in [1.165, 1.54) is 13.2 Å². The van der Waals surface area contributed by atoms with Crippen molar-refractivity contribution in [3.8, 4) is 5.75 Å². The molecule has 1 heterocycles. The first-order valence-corrected chi connectivity index (χ1v) is 5.86. The van der Waals surface area contributed by atoms with Gasteiger partial charge in [0.2, 0.25) is 11.8 Å². The van der Waals surface area contributed by atoms with E-state index >= 15 is 0 Å². The summed E-state index contributed by atoms with van der Waals surface area (Å²) in [5.74, 6) is -2.45. The van der Waals surface area contributed by atoms with Crippen molar-refractivity contribution < 1.29 is 44.6 Å². The van der Waals surface area contributed by atoms with Crippen molar-refractivity contribution >= 4 is 17.7 Å². The minimum absolute atomic E-state index is 0. The van der Waals surface area contributed by atoms with Crippen molar-refractivity contribution in [2.24, 2.45) is 0 Å². The van der Waals surface area contributed by atoms with Crippen LogP contribution in [0.1, 0.15) is 23.2 Å². The Kier molecular flexibility index (Phi) is 6.02. The SMILES string of the molecule is COc1ccc(F)[c-]c1C(=O)[N-]C1CCC(=O)NC1=O.[W+2]. The Morgan fingerprint density at radius 1 is 1.48 bits per heavy atom. The molecule has 1 atom stereocenters. The Morgan fingerprint density at radius 3 is 2.81 bits per heavy atom. The van der Waals surface area contributed by atoms with Gasteiger partial charge in [-0.2, -0.15) is 0 Å². The van der Waals surface area contributed by atoms with E-state index in [9.17, 15) is 18.8 Å². The quantitative estimate of drug-likeness (QED) is 0.536. The summed E-state index contributed by atoms with van der Waals surface area (Å²) >= 11 is 0. The molecule has 0 aromatic heterocycles. The van der Waals surface area contributed by atoms with E-state index in [-0.39, 0.29) is 45.2 Å². The number of benzene rings is 1. The molecule has 1 saturated heterocycles. The van der Waals surface area contributed by atoms with Gasteiger partial charge in [0.05, 0.1) is 7.11 Å². The zero-order chi connectivity index (χ0) is 14.7. The molecule has 0 radical (unpaired) electrons. The van der Waals surface area contributed by atoms with Gasteiger partial charge in [-0.15, -0.1) is 18.2 Å². The van der Waals surface area contributed by atoms with Crippen LogP contribution in [0.15, 0.2) is 12.1 Å². The molecule has 0 aliphatic carbocycles. The number of ether oxygens (including phenoxy) is 1. The van der Waals surface area contributed by atoms with Gasteiger partial charge in [-0.25, -0.2) is 4.39 Å². The van der Waals surface area contributed by atoms with Gasteiger partial charge in [0.15, 0.2) is 0 Å². The Labute approximate surface area is 134 Å². The molecular formula is C13H11FN2O4W. The number of piperidine rings is 1. The number of carbonyl (C=O) groups excluding carboxylic acids is 3. The molecule has 110 valence electrons. The molecule has 3 amide bonds. The van der Waals surface area contributed by atoms with Crippen molar-refractivity contribution in [3.63, 3.8) is 0 Å². The second-order valence-corrected chi connectivity index (χ2v) is 4.15. The molecule has 1 aliphatic rings. The zero-order valence-electron chi connectivity index (χ0n) is 11.0. The predicted octanol–water partition coefficient (Wildman–Crippen LogP) is 0.951. The standard InChI is InChI=1S/C13H12FN2O4.W/c1-20-10-4-2-7(14)6-8(10)12(18)15-9-3-5-11(17)16-13(9)19;/h2,4,9H,3,5H2,1H3,(H2,15,16,17,18,19);/q-1;+2/p-1. The van der Waals surface area contributed by atoms with E-state index in [0.29, 0.717) is 0 Å². The number of nitrogens with one attached hydrogen (secondary N) is 1. The fraction of sp³-hybridized carbons (Fsp3) is 0.308. The molecule has 2 rings (SSSR count). The molecule has 0 saturated carbocycles. The smallest absolute Gasteiger partial charge is 0.684 e. The first-order valence-electron chi connectivity index (χ1n) is 5.86. The van der Waals surface area contributed by atoms with Crippen LogP contribution in [0.3, 0.4) is 0 Å². The number of hydrogen-bond acceptors (Lipinski definition) is 4. The summed E-state index contributed by atoms with van der Waals surface area (Å²) in [4.78, 5) is 34.4. The predicted molar refractivity (Wildman–Crippen MR) is 65.6 cm³/mol. The molecule has 0 spiro atoms. The molecule has 6 nitrogen and oxygen atoms in total. The number of halogens is 1. The molecule has 21 heavy (non-hydrogen) atoms. The minimum Gasteiger partial charge on any atom is -0.684 e. The van der Waals surface area contributed by atoms with Crippen molar-refractivity contribution in [1.29, 1.82) is 0 Å². The number of nitrogens with zero attached hydrogens (tertiary/aromatic N) is 1. The van der Waals surface area contributed by atoms with Crippen molar-refractivity contribution in [1.82, 2.24) is 5.32 Å². The molecule has 1 fully saturated rings. The van der Waals surface area contributed by atoms with E-state index in [2.05, 4.69) is 16.7 Å². The maximum Gasteiger partial charge on any atom is 2.00 e. The van der Waals surface area contributed by atoms with Crippen LogP contribution >= 0.6 is 0 Å². The fourth-order valence-corrected chi connectivity index (χ4v) is 1.80. The van der Waals surface area contributed by atoms with Gasteiger partial charge in [-0.05, 0) is 18.4 Å². The third kappa shape index (κ3) is 4.11. The monoisotopic (exact) mass is 462 g/mol. The number of imide groups is 1. The molecule has 8 heteroatoms. The summed E-state index contributed by atoms with van der Waals surface area (Å²) in [6.07, 6.45) is 0.255. The van der Waals surface area contributed by atoms with E-state index in [1.54, 1.807) is 0 Å². The van der Waals surface area contributed by atoms with Crippen LogP contribution in [0.4, 0.5) is 4.39 Å². The van der Waals surface area contributed by atoms with E-state index < -0.39 is 29.6 Å². The van der Waals surface area contributed by atoms with Crippen LogP contribution in [0.2, 0.25) is 0 Å². The third-order valence-corrected chi connectivity index (χ3v) is 2.79. The average Bonchev–Trinajstić information content (AvgIpc) is 2.41. The molecule has 1 aliphatic heterocycles. The fourth-order valence-electron chi connectivity index (χ4n) is 1.80. The summed E-state index contributed by atoms with van der Waals surface area (Å²) < 4.78 is 18.0. The average molecular weight is 462 g/mol. The number of rotatable bonds is 3. The Hall–Kier alpha value is -1.75. The van der Waals surface area contributed by atoms with Gasteiger partial charge in [0, 0.05) is 18.0 Å². The maximum atomic E-state index is 13.1. The molecule has 0 bridgehead atoms. The van der Waals surface area contributed by atoms with E-state index in [4.69, 9.17) is 4.74 Å². The van der Waals surface area contributed by atoms with E-state index in [0.717, 1.165) is 6.07 Å². The molecule has 1 N–H and O–H groups in total. The first kappa shape index (κ1) is 17.3. The molecule has 1 aromatic rings. The molecular weight excluding hydrogens is 451 g/mol. The molecule has 1 unspecified atom stereocenters. The van der Waals surface area contributed by atoms with Crippen LogP contribution in [-0.4, -0.2) is 30.9 Å². The van der Waals surface area contributed by atoms with Crippen molar-refractivity contribution in [3.05, 3.63) is 34.9 Å². The Bertz CT molecular complexity index is 579. The second kappa shape index (κ2) is 7.31. The van der Waals surface area contributed by atoms with Gasteiger partial charge in [0.25, 0.3) is 0 Å². The number of amides is 3. The van der Waals surface area contributed by atoms with Crippen LogP contribution in [0.5, 0.6) is 5.75 Å². The largest absolute Gasteiger partial charge is 2.00 e. The summed E-state index contributed by atoms with van der Waals surface area (Å²) in [6, 6.07) is 3.62. The minimum atomic E-state index is -0.957. The summed E-state index contributed by atoms with van der Waals surface area (Å²) in [6.45, 7) is 0. The summed E-state index contributed by atoms with van der Waals surface area (Å²) in [5.41, 5.74) is -0.183. The van der Waals surface area contributed by atoms with Gasteiger partial charge in [-0.3, -0.25) is 14.9 Å². The van der Waals surface area contributed by atoms with Crippen LogP contribution in [0, 0.1) is 11.9 Å². The van der Waals surface area contributed by atoms with Crippen LogP contribution < -0.4 is 10.1 Å². The Balaban J connectivity index is 0.00000220. The number of hydrogen-bond donors (Lipinski definition) is 1. The Morgan fingerprint density at radius 2 is 2.19 bits per heavy atom. The number of methoxy groups -OCH3 is 1. The van der Waals surface area contributed by atoms with Crippen LogP contribution in [0.25, 0.3) is 5.32 Å². The third-order valence-electron chi connectivity index (χ3n) is 2.79. The van der Waals surface area contributed by atoms with Crippen LogP contribution in [-0.2, 0) is 30.7 Å². The molecule has 1 aromatic carbocycles. The number of carbonyl (C=O) groups is 3. The van der Waals surface area contributed by atoms with E-state index in [1.807, 2.05) is 0 Å². The summed E-state index contributed by atoms with van der Waals surface area (Å²) in [7, 11) is 1.32. The zero-order valence-corrected chi connectivity index (χ0v) is 13.9.